The molecule has 2 saturated heterocycles. The Labute approximate surface area is 136 Å². The highest BCUT2D eigenvalue weighted by Crippen LogP contribution is 2.34. The van der Waals surface area contributed by atoms with Gasteiger partial charge in [0.05, 0.1) is 12.5 Å². The van der Waals surface area contributed by atoms with Gasteiger partial charge in [-0.2, -0.15) is 10.5 Å². The molecule has 2 fully saturated rings. The van der Waals surface area contributed by atoms with E-state index in [1.54, 1.807) is 12.1 Å². The number of rotatable bonds is 3. The number of benzene rings is 1. The minimum absolute atomic E-state index is 0.210. The Morgan fingerprint density at radius 3 is 2.52 bits per heavy atom. The van der Waals surface area contributed by atoms with Crippen molar-refractivity contribution in [1.82, 2.24) is 5.32 Å². The molecule has 2 aliphatic rings. The van der Waals surface area contributed by atoms with Gasteiger partial charge in [-0.1, -0.05) is 12.1 Å². The summed E-state index contributed by atoms with van der Waals surface area (Å²) in [7, 11) is -0.264. The van der Waals surface area contributed by atoms with Gasteiger partial charge in [-0.15, -0.1) is 0 Å². The maximum absolute atomic E-state index is 13.1. The number of Topliss-reactive ketones (excluding diaryl/α,β-unsaturated/α-hetero) is 1. The summed E-state index contributed by atoms with van der Waals surface area (Å²) in [6.07, 6.45) is 2.11. The van der Waals surface area contributed by atoms with Gasteiger partial charge in [0.2, 0.25) is 5.91 Å². The lowest BCUT2D eigenvalue weighted by molar-refractivity contribution is -0.123. The van der Waals surface area contributed by atoms with Crippen LogP contribution in [0.1, 0.15) is 24.3 Å². The third kappa shape index (κ3) is 3.06. The van der Waals surface area contributed by atoms with Crippen molar-refractivity contribution in [2.75, 3.05) is 18.1 Å². The van der Waals surface area contributed by atoms with Gasteiger partial charge >= 0.3 is 0 Å². The summed E-state index contributed by atoms with van der Waals surface area (Å²) in [5, 5.41) is 2.72. The molecule has 0 spiro atoms. The summed E-state index contributed by atoms with van der Waals surface area (Å²) in [6, 6.07) is 5.67. The van der Waals surface area contributed by atoms with Crippen molar-refractivity contribution in [1.29, 1.82) is 0 Å². The molecule has 0 aliphatic carbocycles. The minimum Gasteiger partial charge on any atom is -0.355 e. The normalized spacial score (nSPS) is 24.3. The molecule has 1 aromatic rings. The molecular formula is C17H17FN2O2S. The second-order valence-corrected chi connectivity index (χ2v) is 7.96. The van der Waals surface area contributed by atoms with E-state index in [2.05, 4.69) is 10.2 Å². The van der Waals surface area contributed by atoms with Crippen molar-refractivity contribution >= 4 is 27.2 Å². The molecule has 1 aromatic carbocycles. The van der Waals surface area contributed by atoms with Crippen LogP contribution in [0.2, 0.25) is 0 Å². The third-order valence-electron chi connectivity index (χ3n) is 4.36. The quantitative estimate of drug-likeness (QED) is 0.682. The lowest BCUT2D eigenvalue weighted by Crippen LogP contribution is -2.28. The first kappa shape index (κ1) is 15.9. The SMILES string of the molecule is [C-]#[N+]C(C(=O)[C@H]1CNC(=O)[C@@H]1c1ccc(F)cc1)=S1CCCC1. The van der Waals surface area contributed by atoms with Crippen LogP contribution in [0.15, 0.2) is 24.3 Å². The van der Waals surface area contributed by atoms with Gasteiger partial charge in [0.15, 0.2) is 5.78 Å². The van der Waals surface area contributed by atoms with Crippen LogP contribution in [0.4, 0.5) is 4.39 Å². The summed E-state index contributed by atoms with van der Waals surface area (Å²) >= 11 is 0. The minimum atomic E-state index is -0.633. The maximum atomic E-state index is 13.1. The summed E-state index contributed by atoms with van der Waals surface area (Å²) in [6.45, 7) is 7.63. The molecular weight excluding hydrogens is 315 g/mol. The van der Waals surface area contributed by atoms with Crippen molar-refractivity contribution in [3.63, 3.8) is 0 Å². The Morgan fingerprint density at radius 1 is 1.26 bits per heavy atom. The molecule has 0 aromatic heterocycles. The average Bonchev–Trinajstić information content (AvgIpc) is 3.19. The average molecular weight is 332 g/mol. The van der Waals surface area contributed by atoms with Gasteiger partial charge in [0.1, 0.15) is 5.82 Å². The van der Waals surface area contributed by atoms with E-state index in [0.29, 0.717) is 10.6 Å². The molecule has 3 rings (SSSR count). The predicted octanol–water partition coefficient (Wildman–Crippen LogP) is 2.34. The number of carbonyl (C=O) groups excluding carboxylic acids is 2. The summed E-state index contributed by atoms with van der Waals surface area (Å²) in [5.74, 6) is -0.212. The van der Waals surface area contributed by atoms with Crippen LogP contribution in [0.25, 0.3) is 4.85 Å². The number of ketones is 1. The van der Waals surface area contributed by atoms with Crippen molar-refractivity contribution in [3.05, 3.63) is 47.1 Å². The fraction of sp³-hybridized carbons (Fsp3) is 0.412. The molecule has 4 nitrogen and oxygen atoms in total. The summed E-state index contributed by atoms with van der Waals surface area (Å²) < 4.78 is 13.1. The standard InChI is InChI=1S/C17H17FN2O2S/c1-19-17(23-8-2-3-9-23)15(21)13-10-20-16(22)14(13)11-4-6-12(18)7-5-11/h4-7,13-14H,2-3,8-10H2,(H,20,22)/t13-,14+/m0/s1. The van der Waals surface area contributed by atoms with Crippen LogP contribution in [0, 0.1) is 18.3 Å². The molecule has 1 amide bonds. The van der Waals surface area contributed by atoms with E-state index >= 15 is 0 Å². The second-order valence-electron chi connectivity index (χ2n) is 5.77. The van der Waals surface area contributed by atoms with E-state index < -0.39 is 11.8 Å². The van der Waals surface area contributed by atoms with E-state index in [-0.39, 0.29) is 34.5 Å². The van der Waals surface area contributed by atoms with Gasteiger partial charge in [0.25, 0.3) is 4.99 Å². The smallest absolute Gasteiger partial charge is 0.255 e. The Bertz CT molecular complexity index is 713. The maximum Gasteiger partial charge on any atom is 0.255 e. The monoisotopic (exact) mass is 332 g/mol. The van der Waals surface area contributed by atoms with Crippen LogP contribution in [0.5, 0.6) is 0 Å². The van der Waals surface area contributed by atoms with Crippen LogP contribution in [-0.2, 0) is 9.59 Å². The molecule has 2 heterocycles. The number of amides is 1. The molecule has 23 heavy (non-hydrogen) atoms. The van der Waals surface area contributed by atoms with Gasteiger partial charge in [-0.3, -0.25) is 4.79 Å². The number of nitrogens with one attached hydrogen (secondary N) is 1. The number of nitrogens with zero attached hydrogens (tertiary/aromatic N) is 1. The Balaban J connectivity index is 1.93. The molecule has 2 aliphatic heterocycles. The zero-order valence-corrected chi connectivity index (χ0v) is 13.4. The van der Waals surface area contributed by atoms with E-state index in [1.807, 2.05) is 0 Å². The number of halogens is 1. The fourth-order valence-corrected chi connectivity index (χ4v) is 5.45. The first-order valence-corrected chi connectivity index (χ1v) is 9.17. The molecule has 0 radical (unpaired) electrons. The first-order valence-electron chi connectivity index (χ1n) is 7.61. The molecule has 0 saturated carbocycles. The number of hydrogen-bond donors (Lipinski definition) is 1. The topological polar surface area (TPSA) is 50.5 Å². The van der Waals surface area contributed by atoms with Gasteiger partial charge < -0.3 is 10.1 Å². The molecule has 120 valence electrons. The first-order chi connectivity index (χ1) is 11.1. The lowest BCUT2D eigenvalue weighted by atomic mass is 9.85. The summed E-state index contributed by atoms with van der Waals surface area (Å²) in [5.41, 5.74) is 0.624. The van der Waals surface area contributed by atoms with Crippen LogP contribution >= 0.6 is 10.5 Å². The van der Waals surface area contributed by atoms with Crippen molar-refractivity contribution < 1.29 is 14.0 Å². The molecule has 0 unspecified atom stereocenters. The van der Waals surface area contributed by atoms with Crippen molar-refractivity contribution in [2.45, 2.75) is 18.8 Å². The van der Waals surface area contributed by atoms with Crippen LogP contribution in [0.3, 0.4) is 0 Å². The molecule has 1 N–H and O–H groups in total. The Morgan fingerprint density at radius 2 is 1.91 bits per heavy atom. The molecule has 2 atom stereocenters. The summed E-state index contributed by atoms with van der Waals surface area (Å²) in [4.78, 5) is 28.8. The zero-order chi connectivity index (χ0) is 16.4. The van der Waals surface area contributed by atoms with Crippen LogP contribution < -0.4 is 5.32 Å². The number of carbonyl (C=O) groups is 2. The van der Waals surface area contributed by atoms with Gasteiger partial charge in [0, 0.05) is 12.5 Å². The molecule has 0 bridgehead atoms. The predicted molar refractivity (Wildman–Crippen MR) is 88.8 cm³/mol. The third-order valence-corrected chi connectivity index (χ3v) is 6.77. The van der Waals surface area contributed by atoms with E-state index in [0.717, 1.165) is 24.3 Å². The van der Waals surface area contributed by atoms with Crippen molar-refractivity contribution in [3.8, 4) is 0 Å². The lowest BCUT2D eigenvalue weighted by Gasteiger charge is -2.17. The van der Waals surface area contributed by atoms with E-state index in [4.69, 9.17) is 6.57 Å². The Hall–Kier alpha value is -2.00. The van der Waals surface area contributed by atoms with Crippen molar-refractivity contribution in [2.24, 2.45) is 5.92 Å². The zero-order valence-electron chi connectivity index (χ0n) is 12.5. The van der Waals surface area contributed by atoms with Gasteiger partial charge in [-0.25, -0.2) is 9.24 Å². The van der Waals surface area contributed by atoms with E-state index in [9.17, 15) is 14.0 Å². The van der Waals surface area contributed by atoms with E-state index in [1.165, 1.54) is 12.1 Å². The van der Waals surface area contributed by atoms with Crippen LogP contribution in [-0.4, -0.2) is 34.7 Å². The fourth-order valence-electron chi connectivity index (χ4n) is 3.19. The highest BCUT2D eigenvalue weighted by molar-refractivity contribution is 8.17. The Kier molecular flexibility index (Phi) is 4.58. The highest BCUT2D eigenvalue weighted by Gasteiger charge is 2.42. The second kappa shape index (κ2) is 6.63. The number of hydrogen-bond acceptors (Lipinski definition) is 2. The highest BCUT2D eigenvalue weighted by atomic mass is 32.2. The largest absolute Gasteiger partial charge is 0.355 e. The molecule has 6 heteroatoms. The van der Waals surface area contributed by atoms with Gasteiger partial charge in [-0.05, 0) is 42.0 Å².